The fourth-order valence-electron chi connectivity index (χ4n) is 3.68. The zero-order valence-corrected chi connectivity index (χ0v) is 13.4. The fraction of sp³-hybridized carbons (Fsp3) is 0.667. The first kappa shape index (κ1) is 14.7. The van der Waals surface area contributed by atoms with E-state index in [1.165, 1.54) is 36.8 Å². The molecule has 1 aliphatic carbocycles. The molecule has 2 aliphatic rings. The summed E-state index contributed by atoms with van der Waals surface area (Å²) in [6, 6.07) is 4.96. The minimum absolute atomic E-state index is 0.284. The number of rotatable bonds is 4. The molecule has 3 rings (SSSR count). The number of nitrogens with one attached hydrogen (secondary N) is 1. The maximum Gasteiger partial charge on any atom is 0.123 e. The number of methoxy groups -OCH3 is 1. The second-order valence-corrected chi connectivity index (χ2v) is 6.75. The van der Waals surface area contributed by atoms with Crippen molar-refractivity contribution in [3.8, 4) is 11.5 Å². The molecule has 21 heavy (non-hydrogen) atoms. The van der Waals surface area contributed by atoms with Crippen LogP contribution in [0.2, 0.25) is 0 Å². The Kier molecular flexibility index (Phi) is 4.39. The summed E-state index contributed by atoms with van der Waals surface area (Å²) in [5.41, 5.74) is 2.48. The summed E-state index contributed by atoms with van der Waals surface area (Å²) < 4.78 is 11.4. The van der Waals surface area contributed by atoms with Crippen molar-refractivity contribution in [1.29, 1.82) is 0 Å². The monoisotopic (exact) mass is 289 g/mol. The van der Waals surface area contributed by atoms with Gasteiger partial charge in [0.1, 0.15) is 17.6 Å². The summed E-state index contributed by atoms with van der Waals surface area (Å²) in [5.74, 6) is 2.88. The first-order valence-electron chi connectivity index (χ1n) is 8.25. The van der Waals surface area contributed by atoms with Gasteiger partial charge >= 0.3 is 0 Å². The van der Waals surface area contributed by atoms with Crippen LogP contribution in [0.1, 0.15) is 50.7 Å². The molecule has 1 aromatic rings. The van der Waals surface area contributed by atoms with Gasteiger partial charge in [-0.05, 0) is 37.8 Å². The molecule has 0 radical (unpaired) electrons. The van der Waals surface area contributed by atoms with Crippen LogP contribution >= 0.6 is 0 Å². The number of hydrogen-bond acceptors (Lipinski definition) is 3. The van der Waals surface area contributed by atoms with E-state index < -0.39 is 0 Å². The molecule has 1 N–H and O–H groups in total. The smallest absolute Gasteiger partial charge is 0.123 e. The Morgan fingerprint density at radius 3 is 2.90 bits per heavy atom. The van der Waals surface area contributed by atoms with E-state index in [1.54, 1.807) is 7.11 Å². The summed E-state index contributed by atoms with van der Waals surface area (Å²) >= 11 is 0. The van der Waals surface area contributed by atoms with Crippen LogP contribution in [0, 0.1) is 5.92 Å². The Morgan fingerprint density at radius 1 is 1.29 bits per heavy atom. The molecule has 3 heteroatoms. The van der Waals surface area contributed by atoms with Crippen LogP contribution in [-0.2, 0) is 13.0 Å². The highest BCUT2D eigenvalue weighted by atomic mass is 16.5. The first-order valence-corrected chi connectivity index (χ1v) is 8.25. The van der Waals surface area contributed by atoms with E-state index in [9.17, 15) is 0 Å². The Balaban J connectivity index is 1.68. The molecule has 116 valence electrons. The van der Waals surface area contributed by atoms with Crippen molar-refractivity contribution in [3.05, 3.63) is 23.3 Å². The van der Waals surface area contributed by atoms with Gasteiger partial charge in [0.25, 0.3) is 0 Å². The highest BCUT2D eigenvalue weighted by Gasteiger charge is 2.23. The number of fused-ring (bicyclic) bond motifs is 1. The molecule has 3 unspecified atom stereocenters. The molecular weight excluding hydrogens is 262 g/mol. The van der Waals surface area contributed by atoms with Gasteiger partial charge in [0, 0.05) is 30.1 Å². The van der Waals surface area contributed by atoms with Crippen molar-refractivity contribution in [1.82, 2.24) is 5.32 Å². The maximum atomic E-state index is 5.87. The van der Waals surface area contributed by atoms with E-state index in [0.29, 0.717) is 6.04 Å². The van der Waals surface area contributed by atoms with Crippen molar-refractivity contribution >= 4 is 0 Å². The maximum absolute atomic E-state index is 5.87. The normalized spacial score (nSPS) is 28.0. The molecular formula is C18H27NO2. The van der Waals surface area contributed by atoms with E-state index >= 15 is 0 Å². The Labute approximate surface area is 128 Å². The number of benzene rings is 1. The van der Waals surface area contributed by atoms with Gasteiger partial charge in [-0.2, -0.15) is 0 Å². The Hall–Kier alpha value is -1.22. The number of ether oxygens (including phenoxy) is 2. The van der Waals surface area contributed by atoms with E-state index in [1.807, 2.05) is 0 Å². The lowest BCUT2D eigenvalue weighted by molar-refractivity contribution is 0.254. The molecule has 0 saturated heterocycles. The summed E-state index contributed by atoms with van der Waals surface area (Å²) in [6.45, 7) is 5.35. The lowest BCUT2D eigenvalue weighted by atomic mass is 9.87. The molecule has 1 aromatic carbocycles. The van der Waals surface area contributed by atoms with Gasteiger partial charge in [0.15, 0.2) is 0 Å². The van der Waals surface area contributed by atoms with Crippen LogP contribution in [-0.4, -0.2) is 19.3 Å². The minimum atomic E-state index is 0.284. The fourth-order valence-corrected chi connectivity index (χ4v) is 3.68. The van der Waals surface area contributed by atoms with Gasteiger partial charge in [0.2, 0.25) is 0 Å². The van der Waals surface area contributed by atoms with Crippen LogP contribution in [0.25, 0.3) is 0 Å². The summed E-state index contributed by atoms with van der Waals surface area (Å²) in [4.78, 5) is 0. The van der Waals surface area contributed by atoms with Crippen molar-refractivity contribution in [2.45, 2.75) is 64.6 Å². The predicted octanol–water partition coefficient (Wildman–Crippen LogP) is 3.69. The summed E-state index contributed by atoms with van der Waals surface area (Å²) in [6.07, 6.45) is 6.59. The molecule has 0 aromatic heterocycles. The quantitative estimate of drug-likeness (QED) is 0.917. The standard InChI is InChI=1S/C18H27NO2/c1-12-5-4-6-16(7-12)19-11-15-10-18-14(8-13(2)21-18)9-17(15)20-3/h9-10,12-13,16,19H,4-8,11H2,1-3H3. The van der Waals surface area contributed by atoms with Gasteiger partial charge in [-0.1, -0.05) is 19.8 Å². The third kappa shape index (κ3) is 3.34. The second-order valence-electron chi connectivity index (χ2n) is 6.75. The highest BCUT2D eigenvalue weighted by Crippen LogP contribution is 2.35. The van der Waals surface area contributed by atoms with Gasteiger partial charge in [-0.25, -0.2) is 0 Å². The zero-order valence-electron chi connectivity index (χ0n) is 13.4. The molecule has 1 saturated carbocycles. The topological polar surface area (TPSA) is 30.5 Å². The minimum Gasteiger partial charge on any atom is -0.496 e. The van der Waals surface area contributed by atoms with Gasteiger partial charge in [-0.3, -0.25) is 0 Å². The first-order chi connectivity index (χ1) is 10.2. The Bertz CT molecular complexity index is 500. The van der Waals surface area contributed by atoms with Crippen molar-refractivity contribution in [2.24, 2.45) is 5.92 Å². The second kappa shape index (κ2) is 6.27. The molecule has 3 nitrogen and oxygen atoms in total. The SMILES string of the molecule is COc1cc2c(cc1CNC1CCCC(C)C1)OC(C)C2. The summed E-state index contributed by atoms with van der Waals surface area (Å²) in [7, 11) is 1.76. The lowest BCUT2D eigenvalue weighted by Gasteiger charge is -2.28. The van der Waals surface area contributed by atoms with Crippen LogP contribution in [0.15, 0.2) is 12.1 Å². The third-order valence-electron chi connectivity index (χ3n) is 4.82. The van der Waals surface area contributed by atoms with E-state index in [-0.39, 0.29) is 6.10 Å². The van der Waals surface area contributed by atoms with E-state index in [2.05, 4.69) is 31.3 Å². The average Bonchev–Trinajstić information content (AvgIpc) is 2.83. The molecule has 1 heterocycles. The largest absolute Gasteiger partial charge is 0.496 e. The van der Waals surface area contributed by atoms with Crippen molar-refractivity contribution in [2.75, 3.05) is 7.11 Å². The third-order valence-corrected chi connectivity index (χ3v) is 4.82. The molecule has 0 amide bonds. The average molecular weight is 289 g/mol. The van der Waals surface area contributed by atoms with Crippen molar-refractivity contribution in [3.63, 3.8) is 0 Å². The van der Waals surface area contributed by atoms with Crippen LogP contribution in [0.5, 0.6) is 11.5 Å². The number of hydrogen-bond donors (Lipinski definition) is 1. The van der Waals surface area contributed by atoms with Crippen LogP contribution in [0.4, 0.5) is 0 Å². The van der Waals surface area contributed by atoms with Gasteiger partial charge < -0.3 is 14.8 Å². The van der Waals surface area contributed by atoms with Crippen molar-refractivity contribution < 1.29 is 9.47 Å². The molecule has 0 spiro atoms. The molecule has 3 atom stereocenters. The molecule has 1 fully saturated rings. The van der Waals surface area contributed by atoms with Gasteiger partial charge in [-0.15, -0.1) is 0 Å². The zero-order chi connectivity index (χ0) is 14.8. The van der Waals surface area contributed by atoms with Gasteiger partial charge in [0.05, 0.1) is 7.11 Å². The van der Waals surface area contributed by atoms with Crippen LogP contribution < -0.4 is 14.8 Å². The van der Waals surface area contributed by atoms with E-state index in [4.69, 9.17) is 9.47 Å². The predicted molar refractivity (Wildman–Crippen MR) is 85.0 cm³/mol. The lowest BCUT2D eigenvalue weighted by Crippen LogP contribution is -2.33. The molecule has 0 bridgehead atoms. The highest BCUT2D eigenvalue weighted by molar-refractivity contribution is 5.48. The molecule has 1 aliphatic heterocycles. The summed E-state index contributed by atoms with van der Waals surface area (Å²) in [5, 5.41) is 3.71. The van der Waals surface area contributed by atoms with E-state index in [0.717, 1.165) is 30.4 Å². The Morgan fingerprint density at radius 2 is 2.14 bits per heavy atom. The van der Waals surface area contributed by atoms with Crippen LogP contribution in [0.3, 0.4) is 0 Å².